The number of ether oxygens (including phenoxy) is 1. The lowest BCUT2D eigenvalue weighted by Crippen LogP contribution is -1.92. The molecule has 1 aromatic carbocycles. The summed E-state index contributed by atoms with van der Waals surface area (Å²) in [4.78, 5) is 4.09. The van der Waals surface area contributed by atoms with Gasteiger partial charge in [0.25, 0.3) is 0 Å². The normalized spacial score (nSPS) is 10.4. The minimum atomic E-state index is 0.184. The van der Waals surface area contributed by atoms with Crippen molar-refractivity contribution < 1.29 is 9.84 Å². The summed E-state index contributed by atoms with van der Waals surface area (Å²) in [6.45, 7) is 2.53. The van der Waals surface area contributed by atoms with Gasteiger partial charge in [0.2, 0.25) is 0 Å². The Labute approximate surface area is 82.0 Å². The monoisotopic (exact) mass is 189 g/mol. The first-order chi connectivity index (χ1) is 6.83. The first-order valence-corrected chi connectivity index (χ1v) is 4.52. The van der Waals surface area contributed by atoms with E-state index >= 15 is 0 Å². The van der Waals surface area contributed by atoms with Crippen molar-refractivity contribution in [2.24, 2.45) is 0 Å². The summed E-state index contributed by atoms with van der Waals surface area (Å²) in [5, 5.41) is 10.4. The summed E-state index contributed by atoms with van der Waals surface area (Å²) in [6, 6.07) is 7.06. The molecule has 0 atom stereocenters. The van der Waals surface area contributed by atoms with Crippen LogP contribution in [0.5, 0.6) is 11.5 Å². The summed E-state index contributed by atoms with van der Waals surface area (Å²) in [6.07, 6.45) is 1.65. The molecule has 3 heteroatoms. The molecule has 0 aliphatic rings. The number of pyridine rings is 1. The molecular weight excluding hydrogens is 178 g/mol. The van der Waals surface area contributed by atoms with E-state index in [1.54, 1.807) is 18.3 Å². The lowest BCUT2D eigenvalue weighted by atomic mass is 10.2. The smallest absolute Gasteiger partial charge is 0.142 e. The van der Waals surface area contributed by atoms with Crippen LogP contribution in [0, 0.1) is 0 Å². The molecule has 0 fully saturated rings. The highest BCUT2D eigenvalue weighted by Crippen LogP contribution is 2.30. The zero-order valence-corrected chi connectivity index (χ0v) is 7.90. The van der Waals surface area contributed by atoms with Crippen LogP contribution in [0.25, 0.3) is 10.9 Å². The quantitative estimate of drug-likeness (QED) is 0.788. The summed E-state index contributed by atoms with van der Waals surface area (Å²) in [5.41, 5.74) is 0.582. The van der Waals surface area contributed by atoms with E-state index in [1.807, 2.05) is 19.1 Å². The SMILES string of the molecule is CCOc1ccc(O)c2ncccc12. The first-order valence-electron chi connectivity index (χ1n) is 4.52. The minimum absolute atomic E-state index is 0.184. The maximum atomic E-state index is 9.55. The molecule has 0 radical (unpaired) electrons. The number of aromatic nitrogens is 1. The Kier molecular flexibility index (Phi) is 2.23. The van der Waals surface area contributed by atoms with E-state index in [-0.39, 0.29) is 5.75 Å². The largest absolute Gasteiger partial charge is 0.506 e. The summed E-state index contributed by atoms with van der Waals surface area (Å²) < 4.78 is 5.42. The number of phenols is 1. The molecule has 0 unspecified atom stereocenters. The molecule has 1 aromatic heterocycles. The summed E-state index contributed by atoms with van der Waals surface area (Å²) in [7, 11) is 0. The Morgan fingerprint density at radius 3 is 3.00 bits per heavy atom. The van der Waals surface area contributed by atoms with Crippen LogP contribution in [0.1, 0.15) is 6.92 Å². The van der Waals surface area contributed by atoms with Gasteiger partial charge in [-0.2, -0.15) is 0 Å². The molecule has 0 aliphatic carbocycles. The van der Waals surface area contributed by atoms with E-state index in [4.69, 9.17) is 4.74 Å². The summed E-state index contributed by atoms with van der Waals surface area (Å²) >= 11 is 0. The Morgan fingerprint density at radius 2 is 2.21 bits per heavy atom. The van der Waals surface area contributed by atoms with Gasteiger partial charge in [-0.3, -0.25) is 4.98 Å². The molecule has 0 saturated carbocycles. The highest BCUT2D eigenvalue weighted by atomic mass is 16.5. The number of hydrogen-bond donors (Lipinski definition) is 1. The zero-order valence-electron chi connectivity index (χ0n) is 7.90. The predicted octanol–water partition coefficient (Wildman–Crippen LogP) is 2.34. The number of nitrogens with zero attached hydrogens (tertiary/aromatic N) is 1. The predicted molar refractivity (Wildman–Crippen MR) is 54.6 cm³/mol. The maximum absolute atomic E-state index is 9.55. The number of phenolic OH excluding ortho intramolecular Hbond substituents is 1. The minimum Gasteiger partial charge on any atom is -0.506 e. The van der Waals surface area contributed by atoms with Gasteiger partial charge < -0.3 is 9.84 Å². The Bertz CT molecular complexity index is 454. The summed E-state index contributed by atoms with van der Waals surface area (Å²) in [5.74, 6) is 0.942. The Hall–Kier alpha value is -1.77. The van der Waals surface area contributed by atoms with Gasteiger partial charge in [0.05, 0.1) is 6.61 Å². The molecule has 1 heterocycles. The average molecular weight is 189 g/mol. The van der Waals surface area contributed by atoms with Gasteiger partial charge in [-0.25, -0.2) is 0 Å². The van der Waals surface area contributed by atoms with Crippen molar-refractivity contribution in [1.82, 2.24) is 4.98 Å². The zero-order chi connectivity index (χ0) is 9.97. The number of fused-ring (bicyclic) bond motifs is 1. The van der Waals surface area contributed by atoms with Crippen molar-refractivity contribution in [1.29, 1.82) is 0 Å². The molecule has 14 heavy (non-hydrogen) atoms. The van der Waals surface area contributed by atoms with Crippen LogP contribution in [-0.4, -0.2) is 16.7 Å². The molecule has 0 bridgehead atoms. The second-order valence-corrected chi connectivity index (χ2v) is 2.92. The molecule has 3 nitrogen and oxygen atoms in total. The van der Waals surface area contributed by atoms with Gasteiger partial charge in [-0.05, 0) is 31.2 Å². The molecular formula is C11H11NO2. The second kappa shape index (κ2) is 3.54. The van der Waals surface area contributed by atoms with Crippen LogP contribution in [0.3, 0.4) is 0 Å². The van der Waals surface area contributed by atoms with Gasteiger partial charge in [-0.1, -0.05) is 0 Å². The van der Waals surface area contributed by atoms with Crippen LogP contribution in [-0.2, 0) is 0 Å². The molecule has 0 amide bonds. The van der Waals surface area contributed by atoms with E-state index in [0.717, 1.165) is 11.1 Å². The van der Waals surface area contributed by atoms with Crippen LogP contribution in [0.4, 0.5) is 0 Å². The van der Waals surface area contributed by atoms with Crippen molar-refractivity contribution in [3.05, 3.63) is 30.5 Å². The second-order valence-electron chi connectivity index (χ2n) is 2.92. The van der Waals surface area contributed by atoms with Crippen LogP contribution >= 0.6 is 0 Å². The Morgan fingerprint density at radius 1 is 1.36 bits per heavy atom. The van der Waals surface area contributed by atoms with Gasteiger partial charge in [0, 0.05) is 11.6 Å². The molecule has 72 valence electrons. The van der Waals surface area contributed by atoms with Gasteiger partial charge in [0.15, 0.2) is 0 Å². The molecule has 0 saturated heterocycles. The number of aromatic hydroxyl groups is 1. The number of hydrogen-bond acceptors (Lipinski definition) is 3. The van der Waals surface area contributed by atoms with Crippen molar-refractivity contribution in [2.75, 3.05) is 6.61 Å². The fourth-order valence-corrected chi connectivity index (χ4v) is 1.41. The molecule has 1 N–H and O–H groups in total. The van der Waals surface area contributed by atoms with E-state index < -0.39 is 0 Å². The standard InChI is InChI=1S/C11H11NO2/c1-2-14-10-6-5-9(13)11-8(10)4-3-7-12-11/h3-7,13H,2H2,1H3. The fourth-order valence-electron chi connectivity index (χ4n) is 1.41. The lowest BCUT2D eigenvalue weighted by molar-refractivity contribution is 0.344. The van der Waals surface area contributed by atoms with E-state index in [2.05, 4.69) is 4.98 Å². The van der Waals surface area contributed by atoms with Crippen LogP contribution < -0.4 is 4.74 Å². The van der Waals surface area contributed by atoms with Crippen molar-refractivity contribution in [2.45, 2.75) is 6.92 Å². The topological polar surface area (TPSA) is 42.4 Å². The third kappa shape index (κ3) is 1.37. The number of rotatable bonds is 2. The van der Waals surface area contributed by atoms with Crippen molar-refractivity contribution in [3.63, 3.8) is 0 Å². The molecule has 0 spiro atoms. The van der Waals surface area contributed by atoms with E-state index in [0.29, 0.717) is 12.1 Å². The van der Waals surface area contributed by atoms with Gasteiger partial charge in [-0.15, -0.1) is 0 Å². The molecule has 2 aromatic rings. The van der Waals surface area contributed by atoms with Gasteiger partial charge >= 0.3 is 0 Å². The molecule has 0 aliphatic heterocycles. The lowest BCUT2D eigenvalue weighted by Gasteiger charge is -2.07. The average Bonchev–Trinajstić information content (AvgIpc) is 2.23. The first kappa shape index (κ1) is 8.81. The van der Waals surface area contributed by atoms with Crippen LogP contribution in [0.15, 0.2) is 30.5 Å². The maximum Gasteiger partial charge on any atom is 0.142 e. The third-order valence-electron chi connectivity index (χ3n) is 2.01. The Balaban J connectivity index is 2.68. The number of benzene rings is 1. The fraction of sp³-hybridized carbons (Fsp3) is 0.182. The highest BCUT2D eigenvalue weighted by molar-refractivity contribution is 5.89. The third-order valence-corrected chi connectivity index (χ3v) is 2.01. The van der Waals surface area contributed by atoms with E-state index in [9.17, 15) is 5.11 Å². The van der Waals surface area contributed by atoms with Crippen LogP contribution in [0.2, 0.25) is 0 Å². The molecule has 2 rings (SSSR count). The van der Waals surface area contributed by atoms with Crippen molar-refractivity contribution in [3.8, 4) is 11.5 Å². The van der Waals surface area contributed by atoms with Crippen molar-refractivity contribution >= 4 is 10.9 Å². The van der Waals surface area contributed by atoms with Gasteiger partial charge in [0.1, 0.15) is 17.0 Å². The van der Waals surface area contributed by atoms with E-state index in [1.165, 1.54) is 0 Å². The highest BCUT2D eigenvalue weighted by Gasteiger charge is 2.05.